The molecule has 0 aliphatic rings. The van der Waals surface area contributed by atoms with Gasteiger partial charge in [0.1, 0.15) is 5.82 Å². The summed E-state index contributed by atoms with van der Waals surface area (Å²) in [5, 5.41) is 9.13. The van der Waals surface area contributed by atoms with Crippen molar-refractivity contribution in [1.29, 1.82) is 0 Å². The van der Waals surface area contributed by atoms with Crippen LogP contribution in [-0.2, 0) is 6.54 Å². The van der Waals surface area contributed by atoms with Gasteiger partial charge < -0.3 is 16.0 Å². The molecule has 2 aromatic heterocycles. The number of hydrogen-bond acceptors (Lipinski definition) is 4. The Morgan fingerprint density at radius 2 is 2.44 bits per heavy atom. The Morgan fingerprint density at radius 1 is 1.62 bits per heavy atom. The van der Waals surface area contributed by atoms with E-state index in [4.69, 9.17) is 5.73 Å². The third-order valence-corrected chi connectivity index (χ3v) is 2.18. The Balaban J connectivity index is 2.01. The zero-order chi connectivity index (χ0) is 11.5. The van der Waals surface area contributed by atoms with Gasteiger partial charge in [0.25, 0.3) is 5.91 Å². The molecule has 0 aliphatic heterocycles. The third kappa shape index (κ3) is 1.88. The number of aromatic nitrogens is 4. The highest BCUT2D eigenvalue weighted by Gasteiger charge is 2.14. The molecule has 2 rings (SSSR count). The summed E-state index contributed by atoms with van der Waals surface area (Å²) in [4.78, 5) is 18.5. The number of H-pyrrole nitrogens is 2. The summed E-state index contributed by atoms with van der Waals surface area (Å²) in [7, 11) is 0. The van der Waals surface area contributed by atoms with Gasteiger partial charge in [0.2, 0.25) is 0 Å². The van der Waals surface area contributed by atoms with Crippen molar-refractivity contribution in [3.8, 4) is 0 Å². The lowest BCUT2D eigenvalue weighted by Crippen LogP contribution is -2.24. The lowest BCUT2D eigenvalue weighted by molar-refractivity contribution is 0.0946. The van der Waals surface area contributed by atoms with Crippen LogP contribution < -0.4 is 11.1 Å². The van der Waals surface area contributed by atoms with Gasteiger partial charge in [-0.3, -0.25) is 9.89 Å². The summed E-state index contributed by atoms with van der Waals surface area (Å²) in [6, 6.07) is 0. The van der Waals surface area contributed by atoms with E-state index in [1.165, 1.54) is 0 Å². The molecule has 7 heteroatoms. The average molecular weight is 220 g/mol. The minimum atomic E-state index is -0.321. The van der Waals surface area contributed by atoms with E-state index >= 15 is 0 Å². The number of nitrogens with two attached hydrogens (primary N) is 1. The summed E-state index contributed by atoms with van der Waals surface area (Å²) in [6.45, 7) is 2.07. The van der Waals surface area contributed by atoms with Crippen LogP contribution in [-0.4, -0.2) is 26.1 Å². The molecule has 0 unspecified atom stereocenters. The normalized spacial score (nSPS) is 10.3. The number of imidazole rings is 1. The number of amides is 1. The van der Waals surface area contributed by atoms with Crippen LogP contribution in [0, 0.1) is 6.92 Å². The van der Waals surface area contributed by atoms with E-state index in [1.54, 1.807) is 19.3 Å². The van der Waals surface area contributed by atoms with Crippen LogP contribution in [0.5, 0.6) is 0 Å². The molecule has 0 saturated carbocycles. The van der Waals surface area contributed by atoms with Gasteiger partial charge >= 0.3 is 0 Å². The number of anilines is 1. The molecule has 0 aromatic carbocycles. The number of rotatable bonds is 3. The van der Waals surface area contributed by atoms with Crippen LogP contribution in [0.3, 0.4) is 0 Å². The molecule has 7 nitrogen and oxygen atoms in total. The Bertz CT molecular complexity index is 486. The Hall–Kier alpha value is -2.31. The predicted octanol–water partition coefficient (Wildman–Crippen LogP) is -0.0466. The fourth-order valence-electron chi connectivity index (χ4n) is 1.25. The third-order valence-electron chi connectivity index (χ3n) is 2.18. The van der Waals surface area contributed by atoms with E-state index < -0.39 is 0 Å². The number of carbonyl (C=O) groups excluding carboxylic acids is 1. The zero-order valence-electron chi connectivity index (χ0n) is 8.74. The van der Waals surface area contributed by atoms with Gasteiger partial charge in [-0.15, -0.1) is 0 Å². The quantitative estimate of drug-likeness (QED) is 0.581. The van der Waals surface area contributed by atoms with Crippen LogP contribution in [0.4, 0.5) is 5.69 Å². The van der Waals surface area contributed by atoms with Crippen molar-refractivity contribution in [1.82, 2.24) is 25.5 Å². The van der Waals surface area contributed by atoms with E-state index in [0.717, 1.165) is 0 Å². The van der Waals surface area contributed by atoms with Gasteiger partial charge in [-0.25, -0.2) is 4.98 Å². The van der Waals surface area contributed by atoms with Crippen molar-refractivity contribution in [2.45, 2.75) is 13.5 Å². The number of carbonyl (C=O) groups is 1. The first-order chi connectivity index (χ1) is 7.68. The van der Waals surface area contributed by atoms with Crippen molar-refractivity contribution >= 4 is 11.6 Å². The maximum atomic E-state index is 11.7. The first-order valence-electron chi connectivity index (χ1n) is 4.75. The lowest BCUT2D eigenvalue weighted by atomic mass is 10.3. The van der Waals surface area contributed by atoms with Gasteiger partial charge in [0.05, 0.1) is 17.9 Å². The van der Waals surface area contributed by atoms with Crippen LogP contribution >= 0.6 is 0 Å². The second kappa shape index (κ2) is 4.05. The smallest absolute Gasteiger partial charge is 0.274 e. The largest absolute Gasteiger partial charge is 0.395 e. The molecule has 0 bridgehead atoms. The minimum absolute atomic E-state index is 0.212. The second-order valence-corrected chi connectivity index (χ2v) is 3.33. The molecule has 0 fully saturated rings. The van der Waals surface area contributed by atoms with Crippen LogP contribution in [0.1, 0.15) is 22.0 Å². The standard InChI is InChI=1S/C9H12N6O/c1-5-7(10)8(15-14-5)9(16)13-4-6-11-2-3-12-6/h2-3H,4,10H2,1H3,(H,11,12)(H,13,16)(H,14,15). The van der Waals surface area contributed by atoms with Crippen molar-refractivity contribution < 1.29 is 4.79 Å². The van der Waals surface area contributed by atoms with Gasteiger partial charge in [-0.1, -0.05) is 0 Å². The SMILES string of the molecule is Cc1[nH]nc(C(=O)NCc2ncc[nH]2)c1N. The van der Waals surface area contributed by atoms with Gasteiger partial charge in [-0.05, 0) is 6.92 Å². The molecule has 84 valence electrons. The number of nitrogens with zero attached hydrogens (tertiary/aromatic N) is 2. The zero-order valence-corrected chi connectivity index (χ0v) is 8.74. The molecule has 0 aliphatic carbocycles. The van der Waals surface area contributed by atoms with E-state index in [-0.39, 0.29) is 11.6 Å². The molecule has 5 N–H and O–H groups in total. The van der Waals surface area contributed by atoms with E-state index in [1.807, 2.05) is 0 Å². The Kier molecular flexibility index (Phi) is 2.59. The summed E-state index contributed by atoms with van der Waals surface area (Å²) in [5.41, 5.74) is 6.94. The van der Waals surface area contributed by atoms with E-state index in [0.29, 0.717) is 23.8 Å². The lowest BCUT2D eigenvalue weighted by Gasteiger charge is -2.01. The van der Waals surface area contributed by atoms with Crippen molar-refractivity contribution in [3.63, 3.8) is 0 Å². The molecule has 1 amide bonds. The highest BCUT2D eigenvalue weighted by molar-refractivity contribution is 5.97. The maximum absolute atomic E-state index is 11.7. The Morgan fingerprint density at radius 3 is 3.00 bits per heavy atom. The van der Waals surface area contributed by atoms with E-state index in [2.05, 4.69) is 25.5 Å². The topological polar surface area (TPSA) is 112 Å². The second-order valence-electron chi connectivity index (χ2n) is 3.33. The Labute approximate surface area is 91.5 Å². The highest BCUT2D eigenvalue weighted by atomic mass is 16.1. The average Bonchev–Trinajstić information content (AvgIpc) is 2.88. The molecule has 0 saturated heterocycles. The molecule has 0 radical (unpaired) electrons. The predicted molar refractivity (Wildman–Crippen MR) is 57.5 cm³/mol. The van der Waals surface area contributed by atoms with Crippen LogP contribution in [0.25, 0.3) is 0 Å². The number of aromatic amines is 2. The number of hydrogen-bond donors (Lipinski definition) is 4. The molecular weight excluding hydrogens is 208 g/mol. The van der Waals surface area contributed by atoms with Crippen molar-refractivity contribution in [2.24, 2.45) is 0 Å². The van der Waals surface area contributed by atoms with Crippen LogP contribution in [0.2, 0.25) is 0 Å². The highest BCUT2D eigenvalue weighted by Crippen LogP contribution is 2.11. The summed E-state index contributed by atoms with van der Waals surface area (Å²) >= 11 is 0. The van der Waals surface area contributed by atoms with Gasteiger partial charge in [-0.2, -0.15) is 5.10 Å². The number of nitrogen functional groups attached to an aromatic ring is 1. The molecule has 0 atom stereocenters. The molecule has 2 heterocycles. The fourth-order valence-corrected chi connectivity index (χ4v) is 1.25. The number of nitrogens with one attached hydrogen (secondary N) is 3. The first kappa shape index (κ1) is 10.2. The molecule has 16 heavy (non-hydrogen) atoms. The van der Waals surface area contributed by atoms with Gasteiger partial charge in [0.15, 0.2) is 5.69 Å². The molecule has 2 aromatic rings. The van der Waals surface area contributed by atoms with E-state index in [9.17, 15) is 4.79 Å². The first-order valence-corrected chi connectivity index (χ1v) is 4.75. The fraction of sp³-hybridized carbons (Fsp3) is 0.222. The maximum Gasteiger partial charge on any atom is 0.274 e. The number of aryl methyl sites for hydroxylation is 1. The molecule has 0 spiro atoms. The van der Waals surface area contributed by atoms with Crippen LogP contribution in [0.15, 0.2) is 12.4 Å². The van der Waals surface area contributed by atoms with Crippen molar-refractivity contribution in [3.05, 3.63) is 29.6 Å². The summed E-state index contributed by atoms with van der Waals surface area (Å²) < 4.78 is 0. The summed E-state index contributed by atoms with van der Waals surface area (Å²) in [6.07, 6.45) is 3.31. The monoisotopic (exact) mass is 220 g/mol. The summed E-state index contributed by atoms with van der Waals surface area (Å²) in [5.74, 6) is 0.359. The van der Waals surface area contributed by atoms with Gasteiger partial charge in [0, 0.05) is 12.4 Å². The molecular formula is C9H12N6O. The van der Waals surface area contributed by atoms with Crippen molar-refractivity contribution in [2.75, 3.05) is 5.73 Å². The minimum Gasteiger partial charge on any atom is -0.395 e.